The maximum Gasteiger partial charge on any atom is 0.123 e. The predicted molar refractivity (Wildman–Crippen MR) is 103 cm³/mol. The van der Waals surface area contributed by atoms with Crippen LogP contribution in [-0.4, -0.2) is 0 Å². The van der Waals surface area contributed by atoms with Crippen LogP contribution < -0.4 is 0 Å². The normalized spacial score (nSPS) is 10.7. The van der Waals surface area contributed by atoms with Gasteiger partial charge in [0.15, 0.2) is 0 Å². The SMILES string of the molecule is Fc1ccc(-c2cc(-c3ccccc3)cc(-c3ccc(F)cc3)c2)cc1. The van der Waals surface area contributed by atoms with Gasteiger partial charge in [0, 0.05) is 0 Å². The lowest BCUT2D eigenvalue weighted by Crippen LogP contribution is -1.87. The zero-order valence-corrected chi connectivity index (χ0v) is 14.0. The van der Waals surface area contributed by atoms with Crippen molar-refractivity contribution in [3.63, 3.8) is 0 Å². The maximum absolute atomic E-state index is 13.3. The molecule has 0 unspecified atom stereocenters. The van der Waals surface area contributed by atoms with E-state index >= 15 is 0 Å². The third-order valence-electron chi connectivity index (χ3n) is 4.40. The van der Waals surface area contributed by atoms with E-state index in [2.05, 4.69) is 24.3 Å². The average Bonchev–Trinajstić information content (AvgIpc) is 2.69. The van der Waals surface area contributed by atoms with E-state index in [1.54, 1.807) is 24.3 Å². The standard InChI is InChI=1S/C24H16F2/c25-23-10-6-18(7-11-23)21-14-20(17-4-2-1-3-5-17)15-22(16-21)19-8-12-24(26)13-9-19/h1-16H. The fourth-order valence-corrected chi connectivity index (χ4v) is 3.04. The third kappa shape index (κ3) is 3.40. The minimum absolute atomic E-state index is 0.258. The molecule has 0 nitrogen and oxygen atoms in total. The number of hydrogen-bond acceptors (Lipinski definition) is 0. The summed E-state index contributed by atoms with van der Waals surface area (Å²) in [5.41, 5.74) is 6.02. The van der Waals surface area contributed by atoms with Gasteiger partial charge in [0.2, 0.25) is 0 Å². The molecular formula is C24H16F2. The monoisotopic (exact) mass is 342 g/mol. The molecule has 0 bridgehead atoms. The Balaban J connectivity index is 1.89. The van der Waals surface area contributed by atoms with Crippen LogP contribution in [0.15, 0.2) is 97.1 Å². The molecule has 0 saturated heterocycles. The van der Waals surface area contributed by atoms with Crippen molar-refractivity contribution in [1.82, 2.24) is 0 Å². The molecule has 26 heavy (non-hydrogen) atoms. The lowest BCUT2D eigenvalue weighted by Gasteiger charge is -2.11. The molecule has 0 aromatic heterocycles. The summed E-state index contributed by atoms with van der Waals surface area (Å²) in [6, 6.07) is 29.2. The van der Waals surface area contributed by atoms with Gasteiger partial charge in [-0.15, -0.1) is 0 Å². The fraction of sp³-hybridized carbons (Fsp3) is 0. The summed E-state index contributed by atoms with van der Waals surface area (Å²) in [7, 11) is 0. The van der Waals surface area contributed by atoms with Crippen molar-refractivity contribution in [3.8, 4) is 33.4 Å². The zero-order valence-electron chi connectivity index (χ0n) is 14.0. The van der Waals surface area contributed by atoms with Gasteiger partial charge in [-0.2, -0.15) is 0 Å². The van der Waals surface area contributed by atoms with Gasteiger partial charge in [0.1, 0.15) is 11.6 Å². The topological polar surface area (TPSA) is 0 Å². The first-order valence-corrected chi connectivity index (χ1v) is 8.41. The Hall–Kier alpha value is -3.26. The van der Waals surface area contributed by atoms with E-state index in [1.165, 1.54) is 24.3 Å². The molecule has 0 aliphatic rings. The van der Waals surface area contributed by atoms with Crippen molar-refractivity contribution in [1.29, 1.82) is 0 Å². The molecule has 0 fully saturated rings. The zero-order chi connectivity index (χ0) is 17.9. The molecule has 4 aromatic rings. The molecule has 0 aliphatic heterocycles. The maximum atomic E-state index is 13.3. The Kier molecular flexibility index (Phi) is 4.32. The fourth-order valence-electron chi connectivity index (χ4n) is 3.04. The molecule has 0 N–H and O–H groups in total. The predicted octanol–water partition coefficient (Wildman–Crippen LogP) is 6.97. The molecule has 0 heterocycles. The van der Waals surface area contributed by atoms with Gasteiger partial charge >= 0.3 is 0 Å². The van der Waals surface area contributed by atoms with Crippen LogP contribution in [0.2, 0.25) is 0 Å². The Bertz CT molecular complexity index is 954. The lowest BCUT2D eigenvalue weighted by molar-refractivity contribution is 0.627. The van der Waals surface area contributed by atoms with Crippen molar-refractivity contribution in [2.45, 2.75) is 0 Å². The highest BCUT2D eigenvalue weighted by molar-refractivity contribution is 5.81. The van der Waals surface area contributed by atoms with E-state index in [4.69, 9.17) is 0 Å². The summed E-state index contributed by atoms with van der Waals surface area (Å²) in [4.78, 5) is 0. The molecule has 0 amide bonds. The van der Waals surface area contributed by atoms with Crippen molar-refractivity contribution < 1.29 is 8.78 Å². The summed E-state index contributed by atoms with van der Waals surface area (Å²) in [5, 5.41) is 0. The largest absolute Gasteiger partial charge is 0.207 e. The van der Waals surface area contributed by atoms with Crippen LogP contribution in [-0.2, 0) is 0 Å². The highest BCUT2D eigenvalue weighted by Crippen LogP contribution is 2.33. The van der Waals surface area contributed by atoms with Gasteiger partial charge in [-0.3, -0.25) is 0 Å². The van der Waals surface area contributed by atoms with E-state index in [0.29, 0.717) is 0 Å². The van der Waals surface area contributed by atoms with Crippen molar-refractivity contribution >= 4 is 0 Å². The highest BCUT2D eigenvalue weighted by Gasteiger charge is 2.08. The average molecular weight is 342 g/mol. The van der Waals surface area contributed by atoms with Crippen LogP contribution in [0.3, 0.4) is 0 Å². The Labute approximate surface area is 151 Å². The summed E-state index contributed by atoms with van der Waals surface area (Å²) in [5.74, 6) is -0.515. The van der Waals surface area contributed by atoms with Crippen LogP contribution in [0.5, 0.6) is 0 Å². The first-order chi connectivity index (χ1) is 12.7. The second-order valence-corrected chi connectivity index (χ2v) is 6.18. The molecule has 0 spiro atoms. The minimum Gasteiger partial charge on any atom is -0.207 e. The Morgan fingerprint density at radius 2 is 0.692 bits per heavy atom. The van der Waals surface area contributed by atoms with Crippen LogP contribution >= 0.6 is 0 Å². The van der Waals surface area contributed by atoms with Gasteiger partial charge in [0.25, 0.3) is 0 Å². The van der Waals surface area contributed by atoms with Crippen LogP contribution in [0, 0.1) is 11.6 Å². The van der Waals surface area contributed by atoms with Crippen LogP contribution in [0.1, 0.15) is 0 Å². The smallest absolute Gasteiger partial charge is 0.123 e. The molecule has 0 radical (unpaired) electrons. The molecular weight excluding hydrogens is 326 g/mol. The van der Waals surface area contributed by atoms with E-state index < -0.39 is 0 Å². The van der Waals surface area contributed by atoms with Crippen molar-refractivity contribution in [2.24, 2.45) is 0 Å². The number of hydrogen-bond donors (Lipinski definition) is 0. The Morgan fingerprint density at radius 3 is 1.08 bits per heavy atom. The molecule has 4 rings (SSSR count). The quantitative estimate of drug-likeness (QED) is 0.377. The molecule has 0 atom stereocenters. The van der Waals surface area contributed by atoms with Crippen LogP contribution in [0.25, 0.3) is 33.4 Å². The first-order valence-electron chi connectivity index (χ1n) is 8.41. The number of rotatable bonds is 3. The van der Waals surface area contributed by atoms with Gasteiger partial charge in [0.05, 0.1) is 0 Å². The van der Waals surface area contributed by atoms with E-state index in [9.17, 15) is 8.78 Å². The lowest BCUT2D eigenvalue weighted by atomic mass is 9.93. The first kappa shape index (κ1) is 16.2. The van der Waals surface area contributed by atoms with Crippen molar-refractivity contribution in [3.05, 3.63) is 109 Å². The molecule has 4 aromatic carbocycles. The van der Waals surface area contributed by atoms with Crippen LogP contribution in [0.4, 0.5) is 8.78 Å². The van der Waals surface area contributed by atoms with Crippen molar-refractivity contribution in [2.75, 3.05) is 0 Å². The summed E-state index contributed by atoms with van der Waals surface area (Å²) in [6.07, 6.45) is 0. The van der Waals surface area contributed by atoms with Gasteiger partial charge < -0.3 is 0 Å². The second kappa shape index (κ2) is 6.93. The number of halogens is 2. The summed E-state index contributed by atoms with van der Waals surface area (Å²) < 4.78 is 26.6. The minimum atomic E-state index is -0.258. The van der Waals surface area contributed by atoms with E-state index in [-0.39, 0.29) is 11.6 Å². The van der Waals surface area contributed by atoms with Gasteiger partial charge in [-0.05, 0) is 75.8 Å². The molecule has 2 heteroatoms. The van der Waals surface area contributed by atoms with E-state index in [0.717, 1.165) is 33.4 Å². The Morgan fingerprint density at radius 1 is 0.346 bits per heavy atom. The molecule has 0 aliphatic carbocycles. The number of benzene rings is 4. The second-order valence-electron chi connectivity index (χ2n) is 6.18. The molecule has 126 valence electrons. The van der Waals surface area contributed by atoms with Gasteiger partial charge in [-0.1, -0.05) is 54.6 Å². The van der Waals surface area contributed by atoms with Gasteiger partial charge in [-0.25, -0.2) is 8.78 Å². The van der Waals surface area contributed by atoms with E-state index in [1.807, 2.05) is 24.3 Å². The third-order valence-corrected chi connectivity index (χ3v) is 4.40. The summed E-state index contributed by atoms with van der Waals surface area (Å²) in [6.45, 7) is 0. The molecule has 0 saturated carbocycles. The highest BCUT2D eigenvalue weighted by atomic mass is 19.1. The summed E-state index contributed by atoms with van der Waals surface area (Å²) >= 11 is 0.